The Morgan fingerprint density at radius 1 is 0.556 bits per heavy atom. The van der Waals surface area contributed by atoms with Crippen molar-refractivity contribution in [2.24, 2.45) is 0 Å². The van der Waals surface area contributed by atoms with Crippen LogP contribution in [0, 0.1) is 0 Å². The first-order valence-corrected chi connectivity index (χ1v) is 23.6. The number of rotatable bonds is 40. The molecule has 0 aliphatic carbocycles. The van der Waals surface area contributed by atoms with Crippen LogP contribution in [0.2, 0.25) is 0 Å². The third-order valence-electron chi connectivity index (χ3n) is 9.45. The fourth-order valence-electron chi connectivity index (χ4n) is 5.94. The molecule has 0 aromatic carbocycles. The van der Waals surface area contributed by atoms with Crippen LogP contribution in [-0.4, -0.2) is 74.9 Å². The minimum atomic E-state index is -4.38. The lowest BCUT2D eigenvalue weighted by Gasteiger charge is -2.24. The number of hydrogen-bond acceptors (Lipinski definition) is 7. The quantitative estimate of drug-likeness (QED) is 0.0215. The molecule has 0 heterocycles. The van der Waals surface area contributed by atoms with E-state index in [1.54, 1.807) is 0 Å². The lowest BCUT2D eigenvalue weighted by atomic mass is 10.1. The van der Waals surface area contributed by atoms with Gasteiger partial charge >= 0.3 is 19.8 Å². The summed E-state index contributed by atoms with van der Waals surface area (Å²) < 4.78 is 34.3. The van der Waals surface area contributed by atoms with Crippen molar-refractivity contribution < 1.29 is 42.1 Å². The number of esters is 2. The van der Waals surface area contributed by atoms with Gasteiger partial charge in [-0.05, 0) is 64.2 Å². The summed E-state index contributed by atoms with van der Waals surface area (Å²) in [6.07, 6.45) is 39.4. The van der Waals surface area contributed by atoms with Crippen LogP contribution in [0.3, 0.4) is 0 Å². The van der Waals surface area contributed by atoms with Gasteiger partial charge in [0, 0.05) is 12.8 Å². The van der Waals surface area contributed by atoms with Crippen molar-refractivity contribution in [1.82, 2.24) is 0 Å². The Balaban J connectivity index is 4.40. The molecule has 0 aliphatic rings. The number of phosphoric acid groups is 1. The first kappa shape index (κ1) is 52.5. The highest BCUT2D eigenvalue weighted by Gasteiger charge is 2.27. The zero-order valence-corrected chi connectivity index (χ0v) is 36.6. The first-order chi connectivity index (χ1) is 26.0. The normalized spacial score (nSPS) is 13.8. The van der Waals surface area contributed by atoms with Gasteiger partial charge in [0.2, 0.25) is 0 Å². The SMILES string of the molecule is CCCCCCCCCC/C=C/CCCCCC(=O)OCC(COP(=O)(O)OCC[N+](C)(C)C)OC(=O)CCCCC/C=C/CCCCCCCCCC. The Hall–Kier alpha value is -1.51. The van der Waals surface area contributed by atoms with E-state index in [0.717, 1.165) is 51.4 Å². The molecule has 0 saturated heterocycles. The minimum absolute atomic E-state index is 0.0279. The second-order valence-electron chi connectivity index (χ2n) is 16.1. The van der Waals surface area contributed by atoms with Crippen molar-refractivity contribution in [2.75, 3.05) is 47.5 Å². The molecule has 0 bridgehead atoms. The molecule has 10 heteroatoms. The zero-order valence-electron chi connectivity index (χ0n) is 35.7. The van der Waals surface area contributed by atoms with Gasteiger partial charge in [-0.15, -0.1) is 0 Å². The average molecular weight is 787 g/mol. The molecule has 0 fully saturated rings. The van der Waals surface area contributed by atoms with Crippen LogP contribution in [0.5, 0.6) is 0 Å². The van der Waals surface area contributed by atoms with Gasteiger partial charge in [0.05, 0.1) is 27.7 Å². The van der Waals surface area contributed by atoms with Crippen molar-refractivity contribution in [3.05, 3.63) is 24.3 Å². The van der Waals surface area contributed by atoms with Crippen LogP contribution in [0.25, 0.3) is 0 Å². The van der Waals surface area contributed by atoms with Crippen LogP contribution in [-0.2, 0) is 32.7 Å². The highest BCUT2D eigenvalue weighted by atomic mass is 31.2. The molecule has 0 amide bonds. The molecule has 2 atom stereocenters. The van der Waals surface area contributed by atoms with Crippen LogP contribution >= 0.6 is 7.82 Å². The van der Waals surface area contributed by atoms with Gasteiger partial charge in [0.15, 0.2) is 6.10 Å². The van der Waals surface area contributed by atoms with Gasteiger partial charge in [-0.25, -0.2) is 4.57 Å². The molecule has 54 heavy (non-hydrogen) atoms. The number of hydrogen-bond donors (Lipinski definition) is 1. The van der Waals surface area contributed by atoms with Crippen LogP contribution in [0.1, 0.15) is 194 Å². The summed E-state index contributed by atoms with van der Waals surface area (Å²) in [5, 5.41) is 0. The maximum absolute atomic E-state index is 12.7. The highest BCUT2D eigenvalue weighted by Crippen LogP contribution is 2.43. The molecule has 0 aromatic rings. The molecule has 0 rings (SSSR count). The number of allylic oxidation sites excluding steroid dienone is 4. The van der Waals surface area contributed by atoms with Gasteiger partial charge in [-0.3, -0.25) is 18.6 Å². The van der Waals surface area contributed by atoms with E-state index in [0.29, 0.717) is 23.9 Å². The Labute approximate surface area is 332 Å². The van der Waals surface area contributed by atoms with Crippen molar-refractivity contribution in [1.29, 1.82) is 0 Å². The summed E-state index contributed by atoms with van der Waals surface area (Å²) in [7, 11) is 1.46. The first-order valence-electron chi connectivity index (χ1n) is 22.1. The molecule has 1 N–H and O–H groups in total. The third-order valence-corrected chi connectivity index (χ3v) is 10.4. The fourth-order valence-corrected chi connectivity index (χ4v) is 6.69. The zero-order chi connectivity index (χ0) is 40.0. The van der Waals surface area contributed by atoms with E-state index in [-0.39, 0.29) is 32.0 Å². The van der Waals surface area contributed by atoms with E-state index in [1.165, 1.54) is 103 Å². The maximum atomic E-state index is 12.7. The number of quaternary nitrogens is 1. The summed E-state index contributed by atoms with van der Waals surface area (Å²) >= 11 is 0. The van der Waals surface area contributed by atoms with Crippen molar-refractivity contribution in [2.45, 2.75) is 200 Å². The molecular formula is C44H85NO8P+. The average Bonchev–Trinajstić information content (AvgIpc) is 3.12. The Morgan fingerprint density at radius 2 is 0.944 bits per heavy atom. The number of carbonyl (C=O) groups excluding carboxylic acids is 2. The van der Waals surface area contributed by atoms with Crippen molar-refractivity contribution >= 4 is 19.8 Å². The van der Waals surface area contributed by atoms with E-state index < -0.39 is 26.5 Å². The molecule has 2 unspecified atom stereocenters. The third kappa shape index (κ3) is 40.2. The van der Waals surface area contributed by atoms with E-state index in [2.05, 4.69) is 38.2 Å². The Kier molecular flexibility index (Phi) is 36.1. The van der Waals surface area contributed by atoms with E-state index in [1.807, 2.05) is 21.1 Å². The van der Waals surface area contributed by atoms with Crippen LogP contribution < -0.4 is 0 Å². The minimum Gasteiger partial charge on any atom is -0.462 e. The second kappa shape index (κ2) is 37.1. The smallest absolute Gasteiger partial charge is 0.462 e. The van der Waals surface area contributed by atoms with Crippen molar-refractivity contribution in [3.63, 3.8) is 0 Å². The number of carbonyl (C=O) groups is 2. The summed E-state index contributed by atoms with van der Waals surface area (Å²) in [4.78, 5) is 35.3. The summed E-state index contributed by atoms with van der Waals surface area (Å²) in [5.41, 5.74) is 0. The largest absolute Gasteiger partial charge is 0.472 e. The number of unbranched alkanes of at least 4 members (excludes halogenated alkanes) is 22. The van der Waals surface area contributed by atoms with Gasteiger partial charge < -0.3 is 18.9 Å². The summed E-state index contributed by atoms with van der Waals surface area (Å²) in [6.45, 7) is 4.39. The molecule has 0 aromatic heterocycles. The summed E-state index contributed by atoms with van der Waals surface area (Å²) in [6, 6.07) is 0. The molecule has 0 aliphatic heterocycles. The molecule has 0 radical (unpaired) electrons. The van der Waals surface area contributed by atoms with E-state index in [9.17, 15) is 19.0 Å². The fraction of sp³-hybridized carbons (Fsp3) is 0.864. The predicted octanol–water partition coefficient (Wildman–Crippen LogP) is 12.4. The number of phosphoric ester groups is 1. The number of ether oxygens (including phenoxy) is 2. The second-order valence-corrected chi connectivity index (χ2v) is 17.5. The van der Waals surface area contributed by atoms with Crippen LogP contribution in [0.15, 0.2) is 24.3 Å². The standard InChI is InChI=1S/C44H84NO8P/c1-6-8-10-12-14-16-18-20-22-24-26-28-30-32-34-36-43(46)50-40-42(41-52-54(48,49)51-39-38-45(3,4)5)53-44(47)37-35-33-31-29-27-25-23-21-19-17-15-13-11-9-7-2/h24-27,42H,6-23,28-41H2,1-5H3/p+1/b26-24+,27-25+. The van der Waals surface area contributed by atoms with Gasteiger partial charge in [-0.2, -0.15) is 0 Å². The Bertz CT molecular complexity index is 980. The molecule has 9 nitrogen and oxygen atoms in total. The molecular weight excluding hydrogens is 701 g/mol. The van der Waals surface area contributed by atoms with E-state index in [4.69, 9.17) is 18.5 Å². The van der Waals surface area contributed by atoms with Gasteiger partial charge in [0.1, 0.15) is 19.8 Å². The van der Waals surface area contributed by atoms with Gasteiger partial charge in [-0.1, -0.05) is 141 Å². The lowest BCUT2D eigenvalue weighted by molar-refractivity contribution is -0.870. The lowest BCUT2D eigenvalue weighted by Crippen LogP contribution is -2.37. The van der Waals surface area contributed by atoms with Crippen molar-refractivity contribution in [3.8, 4) is 0 Å². The van der Waals surface area contributed by atoms with E-state index >= 15 is 0 Å². The monoisotopic (exact) mass is 787 g/mol. The molecule has 0 spiro atoms. The predicted molar refractivity (Wildman–Crippen MR) is 224 cm³/mol. The molecule has 318 valence electrons. The number of nitrogens with zero attached hydrogens (tertiary/aromatic N) is 1. The number of likely N-dealkylation sites (N-methyl/N-ethyl adjacent to an activating group) is 1. The molecule has 0 saturated carbocycles. The van der Waals surface area contributed by atoms with Gasteiger partial charge in [0.25, 0.3) is 0 Å². The topological polar surface area (TPSA) is 108 Å². The Morgan fingerprint density at radius 3 is 1.37 bits per heavy atom. The van der Waals surface area contributed by atoms with Crippen LogP contribution in [0.4, 0.5) is 0 Å². The highest BCUT2D eigenvalue weighted by molar-refractivity contribution is 7.47. The summed E-state index contributed by atoms with van der Waals surface area (Å²) in [5.74, 6) is -0.831. The maximum Gasteiger partial charge on any atom is 0.472 e.